The standard InChI is InChI=1S/C9H12N2O7P2.2H2O/c12-9(19(13,14)15,20(16,17)18)5-7-6-10-8-3-1-2-4-11(7)8;;/h1-4,6,12H,5H2,(H2,13,14,15)(H2,16,17,18);2*1H2. The fourth-order valence-electron chi connectivity index (χ4n) is 1.73. The van der Waals surface area contributed by atoms with Crippen LogP contribution >= 0.6 is 15.2 Å². The molecule has 0 saturated carbocycles. The average molecular weight is 358 g/mol. The molecule has 0 aromatic carbocycles. The van der Waals surface area contributed by atoms with E-state index in [0.717, 1.165) is 0 Å². The molecule has 2 aromatic heterocycles. The van der Waals surface area contributed by atoms with Gasteiger partial charge in [0.15, 0.2) is 0 Å². The van der Waals surface area contributed by atoms with Gasteiger partial charge in [-0.3, -0.25) is 9.13 Å². The lowest BCUT2D eigenvalue weighted by Crippen LogP contribution is -2.31. The van der Waals surface area contributed by atoms with Crippen LogP contribution in [-0.2, 0) is 15.6 Å². The maximum Gasteiger partial charge on any atom is 0.369 e. The zero-order chi connectivity index (χ0) is 15.2. The quantitative estimate of drug-likeness (QED) is 0.393. The van der Waals surface area contributed by atoms with Crippen molar-refractivity contribution in [3.63, 3.8) is 0 Å². The Morgan fingerprint density at radius 2 is 1.64 bits per heavy atom. The van der Waals surface area contributed by atoms with Crippen molar-refractivity contribution in [2.75, 3.05) is 0 Å². The molecule has 2 rings (SSSR count). The molecule has 9 N–H and O–H groups in total. The molecule has 0 aliphatic rings. The van der Waals surface area contributed by atoms with E-state index >= 15 is 0 Å². The number of nitrogens with zero attached hydrogens (tertiary/aromatic N) is 2. The zero-order valence-electron chi connectivity index (χ0n) is 10.9. The third-order valence-electron chi connectivity index (χ3n) is 2.84. The van der Waals surface area contributed by atoms with Gasteiger partial charge in [0.05, 0.1) is 0 Å². The third kappa shape index (κ3) is 3.44. The summed E-state index contributed by atoms with van der Waals surface area (Å²) in [6.45, 7) is 0. The first-order valence-corrected chi connectivity index (χ1v) is 8.53. The van der Waals surface area contributed by atoms with E-state index in [2.05, 4.69) is 4.98 Å². The first-order chi connectivity index (χ1) is 9.06. The molecule has 0 unspecified atom stereocenters. The Labute approximate surface area is 123 Å². The molecule has 0 fully saturated rings. The van der Waals surface area contributed by atoms with Gasteiger partial charge in [0, 0.05) is 24.5 Å². The van der Waals surface area contributed by atoms with Crippen molar-refractivity contribution in [3.8, 4) is 0 Å². The van der Waals surface area contributed by atoms with Crippen LogP contribution in [0.15, 0.2) is 30.6 Å². The van der Waals surface area contributed by atoms with Gasteiger partial charge >= 0.3 is 15.2 Å². The Hall–Kier alpha value is -1.13. The van der Waals surface area contributed by atoms with Crippen LogP contribution in [0.5, 0.6) is 0 Å². The van der Waals surface area contributed by atoms with E-state index in [1.807, 2.05) is 0 Å². The van der Waals surface area contributed by atoms with Crippen molar-refractivity contribution in [1.29, 1.82) is 0 Å². The molecule has 11 nitrogen and oxygen atoms in total. The lowest BCUT2D eigenvalue weighted by molar-refractivity contribution is 0.130. The van der Waals surface area contributed by atoms with Gasteiger partial charge < -0.3 is 40.0 Å². The van der Waals surface area contributed by atoms with Gasteiger partial charge in [0.2, 0.25) is 0 Å². The summed E-state index contributed by atoms with van der Waals surface area (Å²) in [5.41, 5.74) is 0.482. The van der Waals surface area contributed by atoms with Gasteiger partial charge in [-0.25, -0.2) is 4.98 Å². The van der Waals surface area contributed by atoms with Gasteiger partial charge in [-0.05, 0) is 12.1 Å². The van der Waals surface area contributed by atoms with Crippen molar-refractivity contribution in [3.05, 3.63) is 36.3 Å². The first kappa shape index (κ1) is 20.9. The zero-order valence-corrected chi connectivity index (χ0v) is 12.7. The van der Waals surface area contributed by atoms with E-state index in [-0.39, 0.29) is 16.6 Å². The monoisotopic (exact) mass is 358 g/mol. The minimum Gasteiger partial charge on any atom is -0.412 e. The molecule has 0 atom stereocenters. The molecular weight excluding hydrogens is 342 g/mol. The Kier molecular flexibility index (Phi) is 6.21. The van der Waals surface area contributed by atoms with Crippen molar-refractivity contribution in [2.24, 2.45) is 0 Å². The molecule has 126 valence electrons. The Balaban J connectivity index is 0.00000220. The molecule has 0 amide bonds. The topological polar surface area (TPSA) is 216 Å². The van der Waals surface area contributed by atoms with Crippen LogP contribution < -0.4 is 0 Å². The van der Waals surface area contributed by atoms with Gasteiger partial charge in [0.25, 0.3) is 5.08 Å². The number of fused-ring (bicyclic) bond motifs is 1. The van der Waals surface area contributed by atoms with Crippen molar-refractivity contribution in [1.82, 2.24) is 9.38 Å². The van der Waals surface area contributed by atoms with Crippen LogP contribution in [0.4, 0.5) is 0 Å². The second kappa shape index (κ2) is 6.55. The van der Waals surface area contributed by atoms with Crippen LogP contribution in [0.2, 0.25) is 0 Å². The smallest absolute Gasteiger partial charge is 0.369 e. The van der Waals surface area contributed by atoms with E-state index in [1.165, 1.54) is 16.8 Å². The largest absolute Gasteiger partial charge is 0.412 e. The Morgan fingerprint density at radius 1 is 1.09 bits per heavy atom. The second-order valence-corrected chi connectivity index (χ2v) is 8.23. The van der Waals surface area contributed by atoms with Gasteiger partial charge in [-0.2, -0.15) is 0 Å². The minimum absolute atomic E-state index is 0. The summed E-state index contributed by atoms with van der Waals surface area (Å²) in [5, 5.41) is 6.37. The van der Waals surface area contributed by atoms with Gasteiger partial charge in [-0.1, -0.05) is 6.07 Å². The van der Waals surface area contributed by atoms with Gasteiger partial charge in [-0.15, -0.1) is 0 Å². The molecule has 2 aromatic rings. The number of aliphatic hydroxyl groups is 1. The number of hydrogen-bond donors (Lipinski definition) is 5. The van der Waals surface area contributed by atoms with Crippen LogP contribution in [0, 0.1) is 0 Å². The van der Waals surface area contributed by atoms with Gasteiger partial charge in [0.1, 0.15) is 5.65 Å². The molecule has 0 spiro atoms. The second-order valence-electron chi connectivity index (χ2n) is 4.22. The summed E-state index contributed by atoms with van der Waals surface area (Å²) in [7, 11) is -11.0. The minimum atomic E-state index is -5.48. The summed E-state index contributed by atoms with van der Waals surface area (Å²) in [4.78, 5) is 40.2. The molecule has 0 bridgehead atoms. The number of aromatic nitrogens is 2. The van der Waals surface area contributed by atoms with Crippen molar-refractivity contribution < 1.29 is 44.8 Å². The number of rotatable bonds is 4. The molecule has 0 aliphatic carbocycles. The fraction of sp³-hybridized carbons (Fsp3) is 0.222. The van der Waals surface area contributed by atoms with Crippen molar-refractivity contribution >= 4 is 20.8 Å². The first-order valence-electron chi connectivity index (χ1n) is 5.31. The summed E-state index contributed by atoms with van der Waals surface area (Å²) >= 11 is 0. The highest BCUT2D eigenvalue weighted by Gasteiger charge is 2.59. The molecular formula is C9H16N2O9P2. The summed E-state index contributed by atoms with van der Waals surface area (Å²) in [5.74, 6) is 0. The van der Waals surface area contributed by atoms with Crippen LogP contribution in [0.1, 0.15) is 5.69 Å². The van der Waals surface area contributed by atoms with Crippen molar-refractivity contribution in [2.45, 2.75) is 11.5 Å². The molecule has 13 heteroatoms. The molecule has 22 heavy (non-hydrogen) atoms. The van der Waals surface area contributed by atoms with Crippen LogP contribution in [-0.4, -0.2) is 50.1 Å². The SMILES string of the molecule is O.O.O=P(O)(O)C(O)(Cc1cnc2ccccn12)P(=O)(O)O. The predicted molar refractivity (Wildman–Crippen MR) is 75.2 cm³/mol. The number of hydrogen-bond acceptors (Lipinski definition) is 4. The molecule has 0 radical (unpaired) electrons. The van der Waals surface area contributed by atoms with E-state index in [0.29, 0.717) is 5.65 Å². The summed E-state index contributed by atoms with van der Waals surface area (Å²) < 4.78 is 23.9. The highest BCUT2D eigenvalue weighted by molar-refractivity contribution is 7.72. The average Bonchev–Trinajstić information content (AvgIpc) is 2.70. The van der Waals surface area contributed by atoms with Crippen LogP contribution in [0.3, 0.4) is 0 Å². The lowest BCUT2D eigenvalue weighted by Gasteiger charge is -2.28. The molecule has 0 aliphatic heterocycles. The Morgan fingerprint density at radius 3 is 2.14 bits per heavy atom. The van der Waals surface area contributed by atoms with E-state index in [1.54, 1.807) is 18.2 Å². The highest BCUT2D eigenvalue weighted by atomic mass is 31.2. The number of imidazole rings is 1. The highest BCUT2D eigenvalue weighted by Crippen LogP contribution is 2.68. The lowest BCUT2D eigenvalue weighted by atomic mass is 10.3. The van der Waals surface area contributed by atoms with E-state index in [4.69, 9.17) is 19.6 Å². The summed E-state index contributed by atoms with van der Waals surface area (Å²) in [6, 6.07) is 4.87. The molecule has 2 heterocycles. The third-order valence-corrected chi connectivity index (χ3v) is 6.59. The fourth-order valence-corrected chi connectivity index (χ4v) is 3.83. The van der Waals surface area contributed by atoms with E-state index in [9.17, 15) is 14.2 Å². The van der Waals surface area contributed by atoms with Crippen LogP contribution in [0.25, 0.3) is 5.65 Å². The number of pyridine rings is 1. The summed E-state index contributed by atoms with van der Waals surface area (Å²) in [6.07, 6.45) is 1.75. The maximum absolute atomic E-state index is 11.3. The maximum atomic E-state index is 11.3. The predicted octanol–water partition coefficient (Wildman–Crippen LogP) is -1.77. The Bertz CT molecular complexity index is 712. The normalized spacial score (nSPS) is 12.6. The molecule has 0 saturated heterocycles. The van der Waals surface area contributed by atoms with E-state index < -0.39 is 26.7 Å².